The number of fused-ring (bicyclic) bond motifs is 1. The van der Waals surface area contributed by atoms with Crippen LogP contribution in [0.3, 0.4) is 0 Å². The van der Waals surface area contributed by atoms with E-state index in [9.17, 15) is 9.59 Å². The molecule has 0 aliphatic rings. The van der Waals surface area contributed by atoms with Crippen molar-refractivity contribution in [3.8, 4) is 5.75 Å². The van der Waals surface area contributed by atoms with E-state index in [-0.39, 0.29) is 28.7 Å². The molecule has 0 saturated carbocycles. The van der Waals surface area contributed by atoms with Gasteiger partial charge in [0, 0.05) is 17.8 Å². The van der Waals surface area contributed by atoms with Crippen LogP contribution in [-0.4, -0.2) is 43.0 Å². The molecular formula is C13H10ClIN6O4. The molecule has 0 aliphatic heterocycles. The first-order chi connectivity index (χ1) is 11.9. The maximum absolute atomic E-state index is 12.4. The summed E-state index contributed by atoms with van der Waals surface area (Å²) in [6.07, 6.45) is 0.200. The molecule has 3 N–H and O–H groups in total. The smallest absolute Gasteiger partial charge is 0.411 e. The predicted molar refractivity (Wildman–Crippen MR) is 97.4 cm³/mol. The predicted octanol–water partition coefficient (Wildman–Crippen LogP) is 1.92. The fourth-order valence-corrected chi connectivity index (χ4v) is 3.02. The van der Waals surface area contributed by atoms with Gasteiger partial charge in [0.1, 0.15) is 20.1 Å². The second-order valence-electron chi connectivity index (χ2n) is 4.81. The van der Waals surface area contributed by atoms with E-state index in [1.165, 1.54) is 18.0 Å². The number of aromatic amines is 1. The minimum atomic E-state index is -1.33. The van der Waals surface area contributed by atoms with Gasteiger partial charge in [-0.3, -0.25) is 19.8 Å². The van der Waals surface area contributed by atoms with Crippen LogP contribution in [0.2, 0.25) is 5.15 Å². The second-order valence-corrected chi connectivity index (χ2v) is 6.22. The van der Waals surface area contributed by atoms with E-state index in [1.54, 1.807) is 6.07 Å². The molecule has 0 bridgehead atoms. The van der Waals surface area contributed by atoms with Gasteiger partial charge in [0.05, 0.1) is 13.7 Å². The van der Waals surface area contributed by atoms with Crippen LogP contribution in [-0.2, 0) is 6.54 Å². The van der Waals surface area contributed by atoms with Crippen LogP contribution in [0.4, 0.5) is 10.7 Å². The van der Waals surface area contributed by atoms with Crippen LogP contribution in [0.25, 0.3) is 11.0 Å². The number of ether oxygens (including phenoxy) is 1. The Labute approximate surface area is 158 Å². The van der Waals surface area contributed by atoms with Crippen LogP contribution < -0.4 is 15.6 Å². The Morgan fingerprint density at radius 3 is 3.00 bits per heavy atom. The van der Waals surface area contributed by atoms with E-state index in [0.29, 0.717) is 15.0 Å². The van der Waals surface area contributed by atoms with Crippen LogP contribution >= 0.6 is 34.2 Å². The average molecular weight is 477 g/mol. The normalized spacial score (nSPS) is 10.8. The summed E-state index contributed by atoms with van der Waals surface area (Å²) < 4.78 is 7.16. The Morgan fingerprint density at radius 1 is 1.56 bits per heavy atom. The number of amides is 1. The number of carboxylic acid groups (broad SMARTS) is 1. The van der Waals surface area contributed by atoms with Crippen molar-refractivity contribution in [3.63, 3.8) is 0 Å². The average Bonchev–Trinajstić information content (AvgIpc) is 2.85. The quantitative estimate of drug-likeness (QED) is 0.387. The molecule has 3 rings (SSSR count). The molecule has 3 aromatic rings. The van der Waals surface area contributed by atoms with Crippen molar-refractivity contribution in [1.29, 1.82) is 0 Å². The van der Waals surface area contributed by atoms with E-state index in [4.69, 9.17) is 21.4 Å². The molecule has 3 heterocycles. The Morgan fingerprint density at radius 2 is 2.32 bits per heavy atom. The number of anilines is 1. The number of rotatable bonds is 4. The lowest BCUT2D eigenvalue weighted by molar-refractivity contribution is 0.209. The number of H-pyrrole nitrogens is 1. The lowest BCUT2D eigenvalue weighted by atomic mass is 10.2. The number of nitrogens with zero attached hydrogens (tertiary/aromatic N) is 4. The Bertz CT molecular complexity index is 1030. The molecule has 0 saturated heterocycles. The van der Waals surface area contributed by atoms with Crippen molar-refractivity contribution < 1.29 is 14.6 Å². The first-order valence-electron chi connectivity index (χ1n) is 6.73. The van der Waals surface area contributed by atoms with Gasteiger partial charge >= 0.3 is 6.09 Å². The van der Waals surface area contributed by atoms with E-state index in [0.717, 1.165) is 0 Å². The monoisotopic (exact) mass is 476 g/mol. The van der Waals surface area contributed by atoms with E-state index < -0.39 is 11.7 Å². The number of nitrogens with one attached hydrogen (secondary N) is 2. The summed E-state index contributed by atoms with van der Waals surface area (Å²) in [7, 11) is 1.50. The van der Waals surface area contributed by atoms with Gasteiger partial charge in [-0.1, -0.05) is 11.6 Å². The lowest BCUT2D eigenvalue weighted by Gasteiger charge is -2.09. The van der Waals surface area contributed by atoms with Gasteiger partial charge < -0.3 is 9.84 Å². The number of methoxy groups -OCH3 is 1. The molecule has 12 heteroatoms. The summed E-state index contributed by atoms with van der Waals surface area (Å²) >= 11 is 7.77. The van der Waals surface area contributed by atoms with Gasteiger partial charge in [0.2, 0.25) is 5.95 Å². The minimum absolute atomic E-state index is 0.173. The minimum Gasteiger partial charge on any atom is -0.496 e. The van der Waals surface area contributed by atoms with Crippen molar-refractivity contribution in [3.05, 3.63) is 37.0 Å². The number of pyridine rings is 1. The second kappa shape index (κ2) is 6.84. The van der Waals surface area contributed by atoms with Crippen molar-refractivity contribution in [2.45, 2.75) is 6.54 Å². The largest absolute Gasteiger partial charge is 0.496 e. The Hall–Kier alpha value is -2.41. The van der Waals surface area contributed by atoms with Gasteiger partial charge in [-0.2, -0.15) is 5.10 Å². The van der Waals surface area contributed by atoms with Crippen LogP contribution in [0.15, 0.2) is 17.1 Å². The molecule has 0 aliphatic carbocycles. The topological polar surface area (TPSA) is 135 Å². The third-order valence-corrected chi connectivity index (χ3v) is 4.17. The first-order valence-corrected chi connectivity index (χ1v) is 8.19. The zero-order chi connectivity index (χ0) is 18.1. The number of hydrogen-bond donors (Lipinski definition) is 3. The van der Waals surface area contributed by atoms with Crippen molar-refractivity contribution in [2.75, 3.05) is 12.4 Å². The highest BCUT2D eigenvalue weighted by atomic mass is 127. The Balaban J connectivity index is 2.09. The number of hydrogen-bond acceptors (Lipinski definition) is 6. The summed E-state index contributed by atoms with van der Waals surface area (Å²) in [6, 6.07) is 1.56. The third-order valence-electron chi connectivity index (χ3n) is 3.23. The molecule has 1 amide bonds. The van der Waals surface area contributed by atoms with Gasteiger partial charge in [0.25, 0.3) is 5.56 Å². The zero-order valence-corrected chi connectivity index (χ0v) is 15.5. The summed E-state index contributed by atoms with van der Waals surface area (Å²) in [5.74, 6) is 0.334. The van der Waals surface area contributed by atoms with E-state index in [1.807, 2.05) is 27.9 Å². The molecule has 130 valence electrons. The molecule has 0 fully saturated rings. The molecule has 25 heavy (non-hydrogen) atoms. The Kier molecular flexibility index (Phi) is 4.76. The molecule has 0 aromatic carbocycles. The van der Waals surface area contributed by atoms with Crippen LogP contribution in [0, 0.1) is 3.70 Å². The molecule has 10 nitrogen and oxygen atoms in total. The van der Waals surface area contributed by atoms with Gasteiger partial charge in [-0.25, -0.2) is 14.8 Å². The fraction of sp³-hybridized carbons (Fsp3) is 0.154. The fourth-order valence-electron chi connectivity index (χ4n) is 2.24. The van der Waals surface area contributed by atoms with Crippen LogP contribution in [0.1, 0.15) is 5.56 Å². The summed E-state index contributed by atoms with van der Waals surface area (Å²) in [5, 5.41) is 15.3. The van der Waals surface area contributed by atoms with Crippen molar-refractivity contribution in [2.24, 2.45) is 0 Å². The number of aromatic nitrogens is 5. The molecular weight excluding hydrogens is 467 g/mol. The van der Waals surface area contributed by atoms with E-state index >= 15 is 0 Å². The number of halogens is 2. The molecule has 3 aromatic heterocycles. The molecule has 0 spiro atoms. The highest BCUT2D eigenvalue weighted by Gasteiger charge is 2.17. The zero-order valence-electron chi connectivity index (χ0n) is 12.6. The van der Waals surface area contributed by atoms with Gasteiger partial charge in [0.15, 0.2) is 5.52 Å². The maximum atomic E-state index is 12.4. The van der Waals surface area contributed by atoms with Crippen molar-refractivity contribution in [1.82, 2.24) is 24.7 Å². The summed E-state index contributed by atoms with van der Waals surface area (Å²) in [6.45, 7) is 0.198. The third kappa shape index (κ3) is 3.51. The molecule has 0 atom stereocenters. The van der Waals surface area contributed by atoms with Crippen LogP contribution in [0.5, 0.6) is 5.75 Å². The van der Waals surface area contributed by atoms with Crippen molar-refractivity contribution >= 4 is 57.3 Å². The highest BCUT2D eigenvalue weighted by Crippen LogP contribution is 2.23. The summed E-state index contributed by atoms with van der Waals surface area (Å²) in [4.78, 5) is 33.5. The van der Waals surface area contributed by atoms with Gasteiger partial charge in [-0.05, 0) is 22.6 Å². The lowest BCUT2D eigenvalue weighted by Crippen LogP contribution is -2.18. The first kappa shape index (κ1) is 17.4. The highest BCUT2D eigenvalue weighted by molar-refractivity contribution is 14.1. The van der Waals surface area contributed by atoms with Gasteiger partial charge in [-0.15, -0.1) is 0 Å². The SMILES string of the molecule is COc1cc(Cl)ncc1Cn1nc(I)c2nc(NC(=O)O)[nH]c(=O)c21. The molecule has 0 unspecified atom stereocenters. The molecule has 0 radical (unpaired) electrons. The standard InChI is InChI=1S/C13H10ClIN6O4/c1-25-6-2-7(14)16-3-5(6)4-21-9-8(10(15)20-21)17-12(18-11(9)22)19-13(23)24/h2-3H,4H2,1H3,(H,23,24)(H2,17,18,19,22). The van der Waals surface area contributed by atoms with E-state index in [2.05, 4.69) is 20.1 Å². The maximum Gasteiger partial charge on any atom is 0.411 e. The number of carbonyl (C=O) groups is 1. The summed E-state index contributed by atoms with van der Waals surface area (Å²) in [5.41, 5.74) is 0.635.